The number of hydrogen-bond acceptors (Lipinski definition) is 4. The van der Waals surface area contributed by atoms with Gasteiger partial charge in [0.2, 0.25) is 0 Å². The molecule has 6 nitrogen and oxygen atoms in total. The highest BCUT2D eigenvalue weighted by Crippen LogP contribution is 2.06. The van der Waals surface area contributed by atoms with Gasteiger partial charge in [0.25, 0.3) is 5.91 Å². The van der Waals surface area contributed by atoms with Gasteiger partial charge in [-0.3, -0.25) is 4.79 Å². The molecular weight excluding hydrogens is 284 g/mol. The second-order valence-corrected chi connectivity index (χ2v) is 5.34. The molecule has 0 radical (unpaired) electrons. The number of carboxylic acids is 1. The predicted octanol–water partition coefficient (Wildman–Crippen LogP) is 0.677. The molecule has 0 aliphatic heterocycles. The summed E-state index contributed by atoms with van der Waals surface area (Å²) in [7, 11) is 0. The van der Waals surface area contributed by atoms with Gasteiger partial charge in [0.15, 0.2) is 0 Å². The van der Waals surface area contributed by atoms with Gasteiger partial charge in [-0.2, -0.15) is 0 Å². The Morgan fingerprint density at radius 3 is 2.45 bits per heavy atom. The van der Waals surface area contributed by atoms with Crippen LogP contribution < -0.4 is 11.1 Å². The average molecular weight is 308 g/mol. The number of carboxylic acid groups (broad SMARTS) is 1. The minimum absolute atomic E-state index is 0.332. The molecule has 0 saturated carbocycles. The van der Waals surface area contributed by atoms with Gasteiger partial charge in [-0.15, -0.1) is 0 Å². The first-order chi connectivity index (χ1) is 10.5. The summed E-state index contributed by atoms with van der Waals surface area (Å²) in [6, 6.07) is 7.48. The Balaban J connectivity index is 2.57. The fourth-order valence-corrected chi connectivity index (χ4v) is 2.12. The quantitative estimate of drug-likeness (QED) is 0.536. The van der Waals surface area contributed by atoms with E-state index in [1.165, 1.54) is 0 Å². The van der Waals surface area contributed by atoms with E-state index in [2.05, 4.69) is 5.32 Å². The fraction of sp³-hybridized carbons (Fsp3) is 0.500. The number of amides is 1. The van der Waals surface area contributed by atoms with E-state index in [1.807, 2.05) is 37.3 Å². The second-order valence-electron chi connectivity index (χ2n) is 5.34. The van der Waals surface area contributed by atoms with Gasteiger partial charge in [0, 0.05) is 6.04 Å². The molecule has 2 unspecified atom stereocenters. The van der Waals surface area contributed by atoms with Crippen LogP contribution in [0.2, 0.25) is 0 Å². The maximum absolute atomic E-state index is 11.9. The standard InChI is InChI=1S/C16H24N2O4/c1-2-3-9-13(16(21)22)18-15(20)14(19)12(17)10-11-7-5-4-6-8-11/h4-8,12-14,19H,2-3,9-10,17H2,1H3,(H,18,20)(H,21,22)/t12?,13-,14?/m1/s1. The van der Waals surface area contributed by atoms with E-state index in [0.717, 1.165) is 12.0 Å². The average Bonchev–Trinajstić information content (AvgIpc) is 2.51. The van der Waals surface area contributed by atoms with Crippen molar-refractivity contribution in [2.75, 3.05) is 0 Å². The van der Waals surface area contributed by atoms with Crippen molar-refractivity contribution in [1.82, 2.24) is 5.32 Å². The van der Waals surface area contributed by atoms with Crippen molar-refractivity contribution in [1.29, 1.82) is 0 Å². The van der Waals surface area contributed by atoms with Crippen molar-refractivity contribution in [2.24, 2.45) is 5.73 Å². The Bertz CT molecular complexity index is 478. The van der Waals surface area contributed by atoms with Crippen molar-refractivity contribution >= 4 is 11.9 Å². The molecule has 0 aliphatic carbocycles. The zero-order valence-corrected chi connectivity index (χ0v) is 12.7. The first-order valence-electron chi connectivity index (χ1n) is 7.46. The third-order valence-corrected chi connectivity index (χ3v) is 3.45. The number of carbonyl (C=O) groups is 2. The molecule has 0 heterocycles. The Labute approximate surface area is 130 Å². The van der Waals surface area contributed by atoms with E-state index in [0.29, 0.717) is 19.3 Å². The van der Waals surface area contributed by atoms with E-state index in [-0.39, 0.29) is 0 Å². The zero-order valence-electron chi connectivity index (χ0n) is 12.7. The van der Waals surface area contributed by atoms with Gasteiger partial charge in [-0.05, 0) is 18.4 Å². The molecule has 0 saturated heterocycles. The van der Waals surface area contributed by atoms with Crippen LogP contribution in [0.4, 0.5) is 0 Å². The number of unbranched alkanes of at least 4 members (excludes halogenated alkanes) is 1. The molecule has 3 atom stereocenters. The topological polar surface area (TPSA) is 113 Å². The Kier molecular flexibility index (Phi) is 7.56. The molecular formula is C16H24N2O4. The normalized spacial score (nSPS) is 14.9. The van der Waals surface area contributed by atoms with Crippen LogP contribution in [-0.2, 0) is 16.0 Å². The number of aliphatic carboxylic acids is 1. The summed E-state index contributed by atoms with van der Waals surface area (Å²) >= 11 is 0. The lowest BCUT2D eigenvalue weighted by Gasteiger charge is -2.21. The molecule has 0 bridgehead atoms. The minimum Gasteiger partial charge on any atom is -0.480 e. The van der Waals surface area contributed by atoms with Gasteiger partial charge in [0.05, 0.1) is 0 Å². The van der Waals surface area contributed by atoms with Gasteiger partial charge < -0.3 is 21.3 Å². The van der Waals surface area contributed by atoms with Crippen LogP contribution in [0.5, 0.6) is 0 Å². The van der Waals surface area contributed by atoms with E-state index in [9.17, 15) is 14.7 Å². The number of carbonyl (C=O) groups excluding carboxylic acids is 1. The molecule has 0 fully saturated rings. The lowest BCUT2D eigenvalue weighted by molar-refractivity contribution is -0.143. The molecule has 0 spiro atoms. The number of hydrogen-bond donors (Lipinski definition) is 4. The summed E-state index contributed by atoms with van der Waals surface area (Å²) in [5, 5.41) is 21.4. The number of nitrogens with one attached hydrogen (secondary N) is 1. The third kappa shape index (κ3) is 5.83. The highest BCUT2D eigenvalue weighted by Gasteiger charge is 2.27. The highest BCUT2D eigenvalue weighted by atomic mass is 16.4. The smallest absolute Gasteiger partial charge is 0.326 e. The molecule has 22 heavy (non-hydrogen) atoms. The van der Waals surface area contributed by atoms with Crippen LogP contribution in [0, 0.1) is 0 Å². The van der Waals surface area contributed by atoms with E-state index >= 15 is 0 Å². The van der Waals surface area contributed by atoms with E-state index in [4.69, 9.17) is 10.8 Å². The first-order valence-corrected chi connectivity index (χ1v) is 7.46. The second kappa shape index (κ2) is 9.17. The molecule has 1 amide bonds. The zero-order chi connectivity index (χ0) is 16.5. The van der Waals surface area contributed by atoms with Gasteiger partial charge in [0.1, 0.15) is 12.1 Å². The molecule has 122 valence electrons. The van der Waals surface area contributed by atoms with Crippen LogP contribution in [0.15, 0.2) is 30.3 Å². The molecule has 5 N–H and O–H groups in total. The van der Waals surface area contributed by atoms with Crippen molar-refractivity contribution in [3.63, 3.8) is 0 Å². The van der Waals surface area contributed by atoms with Crippen LogP contribution in [-0.4, -0.2) is 40.3 Å². The Morgan fingerprint density at radius 1 is 1.27 bits per heavy atom. The summed E-state index contributed by atoms with van der Waals surface area (Å²) < 4.78 is 0. The van der Waals surface area contributed by atoms with Crippen molar-refractivity contribution < 1.29 is 19.8 Å². The number of rotatable bonds is 9. The van der Waals surface area contributed by atoms with Gasteiger partial charge >= 0.3 is 5.97 Å². The molecule has 0 aromatic heterocycles. The lowest BCUT2D eigenvalue weighted by atomic mass is 10.0. The third-order valence-electron chi connectivity index (χ3n) is 3.45. The van der Waals surface area contributed by atoms with Crippen molar-refractivity contribution in [3.05, 3.63) is 35.9 Å². The number of aliphatic hydroxyl groups is 1. The summed E-state index contributed by atoms with van der Waals surface area (Å²) in [5.74, 6) is -1.85. The van der Waals surface area contributed by atoms with Crippen LogP contribution in [0.25, 0.3) is 0 Å². The van der Waals surface area contributed by atoms with E-state index in [1.54, 1.807) is 0 Å². The molecule has 1 aromatic carbocycles. The van der Waals surface area contributed by atoms with Crippen LogP contribution in [0.1, 0.15) is 31.7 Å². The van der Waals surface area contributed by atoms with Crippen LogP contribution in [0.3, 0.4) is 0 Å². The molecule has 1 rings (SSSR count). The lowest BCUT2D eigenvalue weighted by Crippen LogP contribution is -2.51. The van der Waals surface area contributed by atoms with Crippen molar-refractivity contribution in [3.8, 4) is 0 Å². The number of aliphatic hydroxyl groups excluding tert-OH is 1. The minimum atomic E-state index is -1.44. The Hall–Kier alpha value is -1.92. The summed E-state index contributed by atoms with van der Waals surface area (Å²) in [4.78, 5) is 23.0. The van der Waals surface area contributed by atoms with Crippen LogP contribution >= 0.6 is 0 Å². The van der Waals surface area contributed by atoms with Gasteiger partial charge in [-0.25, -0.2) is 4.79 Å². The predicted molar refractivity (Wildman–Crippen MR) is 83.2 cm³/mol. The maximum atomic E-state index is 11.9. The molecule has 1 aromatic rings. The van der Waals surface area contributed by atoms with Gasteiger partial charge in [-0.1, -0.05) is 50.1 Å². The number of nitrogens with two attached hydrogens (primary N) is 1. The first kappa shape index (κ1) is 18.1. The molecule has 6 heteroatoms. The summed E-state index contributed by atoms with van der Waals surface area (Å²) in [6.45, 7) is 1.94. The van der Waals surface area contributed by atoms with Crippen molar-refractivity contribution in [2.45, 2.75) is 50.8 Å². The largest absolute Gasteiger partial charge is 0.480 e. The van der Waals surface area contributed by atoms with E-state index < -0.39 is 30.1 Å². The maximum Gasteiger partial charge on any atom is 0.326 e. The number of benzene rings is 1. The monoisotopic (exact) mass is 308 g/mol. The highest BCUT2D eigenvalue weighted by molar-refractivity contribution is 5.86. The molecule has 0 aliphatic rings. The SMILES string of the molecule is CCCC[C@@H](NC(=O)C(O)C(N)Cc1ccccc1)C(=O)O. The fourth-order valence-electron chi connectivity index (χ4n) is 2.12. The Morgan fingerprint density at radius 2 is 1.91 bits per heavy atom. The summed E-state index contributed by atoms with van der Waals surface area (Å²) in [5.41, 5.74) is 6.75. The summed E-state index contributed by atoms with van der Waals surface area (Å²) in [6.07, 6.45) is 0.739.